The Kier molecular flexibility index (Phi) is 7.51. The number of hydrogen-bond acceptors (Lipinski definition) is 2. The first-order valence-electron chi connectivity index (χ1n) is 5.10. The molecular formula is C10H24N2. The quantitative estimate of drug-likeness (QED) is 0.575. The molecule has 0 aliphatic heterocycles. The van der Waals surface area contributed by atoms with Crippen LogP contribution in [0, 0.1) is 11.8 Å². The SMILES string of the molecule is CC(CN)CC(C)CCCCN. The predicted molar refractivity (Wildman–Crippen MR) is 54.9 cm³/mol. The van der Waals surface area contributed by atoms with Crippen LogP contribution in [0.15, 0.2) is 0 Å². The van der Waals surface area contributed by atoms with E-state index < -0.39 is 0 Å². The standard InChI is InChI=1S/C10H24N2/c1-9(5-3-4-6-11)7-10(2)8-12/h9-10H,3-8,11-12H2,1-2H3. The maximum absolute atomic E-state index is 5.56. The Morgan fingerprint density at radius 2 is 1.67 bits per heavy atom. The molecule has 74 valence electrons. The van der Waals surface area contributed by atoms with Gasteiger partial charge >= 0.3 is 0 Å². The molecule has 0 amide bonds. The summed E-state index contributed by atoms with van der Waals surface area (Å²) in [6, 6.07) is 0. The van der Waals surface area contributed by atoms with Gasteiger partial charge in [0.25, 0.3) is 0 Å². The molecule has 0 aliphatic rings. The molecule has 0 saturated heterocycles. The van der Waals surface area contributed by atoms with Crippen molar-refractivity contribution < 1.29 is 0 Å². The summed E-state index contributed by atoms with van der Waals surface area (Å²) in [5, 5.41) is 0. The summed E-state index contributed by atoms with van der Waals surface area (Å²) in [4.78, 5) is 0. The maximum atomic E-state index is 5.56. The fourth-order valence-corrected chi connectivity index (χ4v) is 1.54. The van der Waals surface area contributed by atoms with Crippen LogP contribution >= 0.6 is 0 Å². The van der Waals surface area contributed by atoms with Crippen molar-refractivity contribution in [1.82, 2.24) is 0 Å². The Hall–Kier alpha value is -0.0800. The van der Waals surface area contributed by atoms with Gasteiger partial charge in [-0.15, -0.1) is 0 Å². The maximum Gasteiger partial charge on any atom is -0.00514 e. The van der Waals surface area contributed by atoms with E-state index in [0.29, 0.717) is 5.92 Å². The Morgan fingerprint density at radius 1 is 1.00 bits per heavy atom. The van der Waals surface area contributed by atoms with Gasteiger partial charge in [-0.1, -0.05) is 26.7 Å². The lowest BCUT2D eigenvalue weighted by molar-refractivity contribution is 0.389. The van der Waals surface area contributed by atoms with Gasteiger partial charge in [0.05, 0.1) is 0 Å². The lowest BCUT2D eigenvalue weighted by atomic mass is 9.93. The van der Waals surface area contributed by atoms with Crippen molar-refractivity contribution in [3.8, 4) is 0 Å². The van der Waals surface area contributed by atoms with Crippen LogP contribution in [0.5, 0.6) is 0 Å². The first-order chi connectivity index (χ1) is 5.70. The fourth-order valence-electron chi connectivity index (χ4n) is 1.54. The third kappa shape index (κ3) is 6.62. The van der Waals surface area contributed by atoms with Crippen molar-refractivity contribution in [3.63, 3.8) is 0 Å². The largest absolute Gasteiger partial charge is 0.330 e. The van der Waals surface area contributed by atoms with E-state index in [1.807, 2.05) is 0 Å². The Balaban J connectivity index is 3.26. The third-order valence-electron chi connectivity index (χ3n) is 2.36. The fraction of sp³-hybridized carbons (Fsp3) is 1.00. The molecule has 2 heteroatoms. The zero-order valence-electron chi connectivity index (χ0n) is 8.55. The molecule has 0 saturated carbocycles. The molecule has 0 fully saturated rings. The van der Waals surface area contributed by atoms with E-state index in [1.54, 1.807) is 0 Å². The number of hydrogen-bond donors (Lipinski definition) is 2. The number of unbranched alkanes of at least 4 members (excludes halogenated alkanes) is 1. The minimum Gasteiger partial charge on any atom is -0.330 e. The monoisotopic (exact) mass is 172 g/mol. The molecule has 0 bridgehead atoms. The van der Waals surface area contributed by atoms with E-state index in [1.165, 1.54) is 25.7 Å². The average Bonchev–Trinajstić information content (AvgIpc) is 2.05. The lowest BCUT2D eigenvalue weighted by Gasteiger charge is -2.15. The van der Waals surface area contributed by atoms with E-state index in [2.05, 4.69) is 13.8 Å². The molecule has 0 aromatic rings. The van der Waals surface area contributed by atoms with Crippen LogP contribution in [0.4, 0.5) is 0 Å². The zero-order valence-corrected chi connectivity index (χ0v) is 8.55. The Bertz CT molecular complexity index is 93.8. The van der Waals surface area contributed by atoms with E-state index in [0.717, 1.165) is 19.0 Å². The summed E-state index contributed by atoms with van der Waals surface area (Å²) in [5.74, 6) is 1.49. The van der Waals surface area contributed by atoms with Gasteiger partial charge in [0, 0.05) is 0 Å². The number of rotatable bonds is 7. The molecule has 0 rings (SSSR count). The highest BCUT2D eigenvalue weighted by Gasteiger charge is 2.06. The molecule has 0 radical (unpaired) electrons. The first-order valence-corrected chi connectivity index (χ1v) is 5.10. The summed E-state index contributed by atoms with van der Waals surface area (Å²) < 4.78 is 0. The van der Waals surface area contributed by atoms with Crippen LogP contribution in [0.25, 0.3) is 0 Å². The van der Waals surface area contributed by atoms with Gasteiger partial charge in [-0.05, 0) is 37.8 Å². The van der Waals surface area contributed by atoms with Crippen LogP contribution in [0.1, 0.15) is 39.5 Å². The molecule has 0 spiro atoms. The second-order valence-electron chi connectivity index (χ2n) is 3.97. The van der Waals surface area contributed by atoms with Gasteiger partial charge in [-0.3, -0.25) is 0 Å². The summed E-state index contributed by atoms with van der Waals surface area (Å²) >= 11 is 0. The second kappa shape index (κ2) is 7.56. The Labute approximate surface area is 76.7 Å². The number of nitrogens with two attached hydrogens (primary N) is 2. The van der Waals surface area contributed by atoms with Crippen LogP contribution < -0.4 is 11.5 Å². The normalized spacial score (nSPS) is 16.0. The second-order valence-corrected chi connectivity index (χ2v) is 3.97. The molecule has 0 heterocycles. The molecule has 0 aromatic heterocycles. The third-order valence-corrected chi connectivity index (χ3v) is 2.36. The summed E-state index contributed by atoms with van der Waals surface area (Å²) in [6.07, 6.45) is 5.01. The van der Waals surface area contributed by atoms with E-state index in [9.17, 15) is 0 Å². The van der Waals surface area contributed by atoms with Gasteiger partial charge in [0.1, 0.15) is 0 Å². The van der Waals surface area contributed by atoms with E-state index in [4.69, 9.17) is 11.5 Å². The van der Waals surface area contributed by atoms with Crippen LogP contribution in [0.2, 0.25) is 0 Å². The summed E-state index contributed by atoms with van der Waals surface area (Å²) in [5.41, 5.74) is 11.0. The van der Waals surface area contributed by atoms with Gasteiger partial charge in [0.2, 0.25) is 0 Å². The van der Waals surface area contributed by atoms with Crippen molar-refractivity contribution in [3.05, 3.63) is 0 Å². The highest BCUT2D eigenvalue weighted by molar-refractivity contribution is 4.60. The average molecular weight is 172 g/mol. The molecule has 12 heavy (non-hydrogen) atoms. The topological polar surface area (TPSA) is 52.0 Å². The van der Waals surface area contributed by atoms with Crippen molar-refractivity contribution in [1.29, 1.82) is 0 Å². The van der Waals surface area contributed by atoms with Crippen molar-refractivity contribution in [2.24, 2.45) is 23.3 Å². The van der Waals surface area contributed by atoms with Crippen molar-refractivity contribution in [2.45, 2.75) is 39.5 Å². The zero-order chi connectivity index (χ0) is 9.40. The molecule has 2 atom stereocenters. The smallest absolute Gasteiger partial charge is 0.00514 e. The summed E-state index contributed by atoms with van der Waals surface area (Å²) in [7, 11) is 0. The van der Waals surface area contributed by atoms with Gasteiger partial charge in [-0.25, -0.2) is 0 Å². The van der Waals surface area contributed by atoms with Gasteiger partial charge in [0.15, 0.2) is 0 Å². The molecule has 2 nitrogen and oxygen atoms in total. The van der Waals surface area contributed by atoms with Crippen LogP contribution in [-0.2, 0) is 0 Å². The van der Waals surface area contributed by atoms with Crippen molar-refractivity contribution >= 4 is 0 Å². The summed E-state index contributed by atoms with van der Waals surface area (Å²) in [6.45, 7) is 6.18. The highest BCUT2D eigenvalue weighted by Crippen LogP contribution is 2.16. The van der Waals surface area contributed by atoms with Gasteiger partial charge < -0.3 is 11.5 Å². The minimum atomic E-state index is 0.679. The van der Waals surface area contributed by atoms with Crippen LogP contribution in [-0.4, -0.2) is 13.1 Å². The van der Waals surface area contributed by atoms with Gasteiger partial charge in [-0.2, -0.15) is 0 Å². The van der Waals surface area contributed by atoms with Crippen molar-refractivity contribution in [2.75, 3.05) is 13.1 Å². The molecule has 0 aromatic carbocycles. The van der Waals surface area contributed by atoms with E-state index >= 15 is 0 Å². The molecular weight excluding hydrogens is 148 g/mol. The van der Waals surface area contributed by atoms with Crippen LogP contribution in [0.3, 0.4) is 0 Å². The molecule has 2 unspecified atom stereocenters. The minimum absolute atomic E-state index is 0.679. The molecule has 0 aliphatic carbocycles. The first kappa shape index (κ1) is 11.9. The Morgan fingerprint density at radius 3 is 2.17 bits per heavy atom. The lowest BCUT2D eigenvalue weighted by Crippen LogP contribution is -2.14. The molecule has 4 N–H and O–H groups in total. The van der Waals surface area contributed by atoms with E-state index in [-0.39, 0.29) is 0 Å². The highest BCUT2D eigenvalue weighted by atomic mass is 14.5. The predicted octanol–water partition coefficient (Wildman–Crippen LogP) is 1.74.